The van der Waals surface area contributed by atoms with Gasteiger partial charge in [0.1, 0.15) is 17.5 Å². The lowest BCUT2D eigenvalue weighted by molar-refractivity contribution is 0.164. The molecule has 1 unspecified atom stereocenters. The molecule has 1 aliphatic rings. The number of aliphatic hydroxyl groups is 1. The Balaban J connectivity index is 2.15. The van der Waals surface area contributed by atoms with Crippen LogP contribution in [0.15, 0.2) is 0 Å². The summed E-state index contributed by atoms with van der Waals surface area (Å²) < 4.78 is 0. The summed E-state index contributed by atoms with van der Waals surface area (Å²) in [7, 11) is 0. The Hall–Kier alpha value is -1.36. The monoisotopic (exact) mass is 278 g/mol. The highest BCUT2D eigenvalue weighted by Crippen LogP contribution is 2.32. The van der Waals surface area contributed by atoms with Crippen molar-refractivity contribution in [2.45, 2.75) is 52.6 Å². The minimum Gasteiger partial charge on any atom is -0.391 e. The van der Waals surface area contributed by atoms with Gasteiger partial charge >= 0.3 is 0 Å². The zero-order valence-corrected chi connectivity index (χ0v) is 12.9. The predicted molar refractivity (Wildman–Crippen MR) is 82.2 cm³/mol. The first-order valence-corrected chi connectivity index (χ1v) is 7.57. The van der Waals surface area contributed by atoms with E-state index in [1.807, 2.05) is 6.92 Å². The number of nitrogens with one attached hydrogen (secondary N) is 2. The summed E-state index contributed by atoms with van der Waals surface area (Å²) in [6.07, 6.45) is 2.02. The van der Waals surface area contributed by atoms with Crippen LogP contribution in [0.1, 0.15) is 50.9 Å². The molecule has 0 bridgehead atoms. The van der Waals surface area contributed by atoms with Crippen LogP contribution in [-0.4, -0.2) is 34.3 Å². The number of nitrogens with zero attached hydrogens (tertiary/aromatic N) is 2. The molecular formula is C15H26N4O. The van der Waals surface area contributed by atoms with Crippen LogP contribution in [0.4, 0.5) is 11.6 Å². The third-order valence-corrected chi connectivity index (χ3v) is 3.67. The lowest BCUT2D eigenvalue weighted by atomic mass is 10.2. The van der Waals surface area contributed by atoms with Gasteiger partial charge in [-0.2, -0.15) is 0 Å². The maximum atomic E-state index is 9.97. The van der Waals surface area contributed by atoms with Crippen LogP contribution in [-0.2, 0) is 0 Å². The summed E-state index contributed by atoms with van der Waals surface area (Å²) in [6.45, 7) is 9.63. The third kappa shape index (κ3) is 3.60. The lowest BCUT2D eigenvalue weighted by Crippen LogP contribution is -2.23. The number of aromatic nitrogens is 2. The Kier molecular flexibility index (Phi) is 4.81. The van der Waals surface area contributed by atoms with E-state index in [0.717, 1.165) is 42.4 Å². The van der Waals surface area contributed by atoms with E-state index in [1.54, 1.807) is 0 Å². The van der Waals surface area contributed by atoms with Gasteiger partial charge in [0.15, 0.2) is 0 Å². The van der Waals surface area contributed by atoms with E-state index >= 15 is 0 Å². The molecular weight excluding hydrogens is 252 g/mol. The maximum Gasteiger partial charge on any atom is 0.135 e. The molecule has 5 nitrogen and oxygen atoms in total. The highest BCUT2D eigenvalue weighted by atomic mass is 16.3. The molecule has 0 saturated heterocycles. The van der Waals surface area contributed by atoms with Gasteiger partial charge in [0.2, 0.25) is 0 Å². The van der Waals surface area contributed by atoms with Gasteiger partial charge in [-0.3, -0.25) is 0 Å². The Morgan fingerprint density at radius 2 is 1.80 bits per heavy atom. The smallest absolute Gasteiger partial charge is 0.135 e. The highest BCUT2D eigenvalue weighted by molar-refractivity contribution is 5.57. The molecule has 3 N–H and O–H groups in total. The first kappa shape index (κ1) is 15.0. The highest BCUT2D eigenvalue weighted by Gasteiger charge is 2.29. The maximum absolute atomic E-state index is 9.97. The van der Waals surface area contributed by atoms with Crippen molar-refractivity contribution in [2.75, 3.05) is 23.7 Å². The summed E-state index contributed by atoms with van der Waals surface area (Å²) in [5.74, 6) is 3.30. The zero-order valence-electron chi connectivity index (χ0n) is 12.9. The van der Waals surface area contributed by atoms with Gasteiger partial charge < -0.3 is 15.7 Å². The van der Waals surface area contributed by atoms with Gasteiger partial charge in [-0.1, -0.05) is 13.8 Å². The molecule has 1 saturated carbocycles. The largest absolute Gasteiger partial charge is 0.391 e. The summed E-state index contributed by atoms with van der Waals surface area (Å²) in [4.78, 5) is 9.17. The van der Waals surface area contributed by atoms with Gasteiger partial charge in [0.05, 0.1) is 6.10 Å². The number of aliphatic hydroxyl groups excluding tert-OH is 1. The minimum atomic E-state index is -0.269. The van der Waals surface area contributed by atoms with Crippen molar-refractivity contribution in [3.8, 4) is 0 Å². The molecule has 0 radical (unpaired) electrons. The number of hydrogen-bond acceptors (Lipinski definition) is 5. The molecule has 0 aliphatic heterocycles. The first-order chi connectivity index (χ1) is 9.52. The Labute approximate surface area is 121 Å². The Morgan fingerprint density at radius 1 is 1.20 bits per heavy atom. The quantitative estimate of drug-likeness (QED) is 0.715. The van der Waals surface area contributed by atoms with Crippen molar-refractivity contribution in [3.63, 3.8) is 0 Å². The Morgan fingerprint density at radius 3 is 2.30 bits per heavy atom. The topological polar surface area (TPSA) is 70.1 Å². The molecule has 2 rings (SSSR count). The number of anilines is 2. The fraction of sp³-hybridized carbons (Fsp3) is 0.733. The number of rotatable bonds is 7. The fourth-order valence-corrected chi connectivity index (χ4v) is 2.15. The second kappa shape index (κ2) is 6.39. The van der Waals surface area contributed by atoms with Crippen LogP contribution in [0.25, 0.3) is 0 Å². The second-order valence-corrected chi connectivity index (χ2v) is 5.87. The summed E-state index contributed by atoms with van der Waals surface area (Å²) in [5, 5.41) is 16.5. The van der Waals surface area contributed by atoms with E-state index in [9.17, 15) is 5.11 Å². The molecule has 1 atom stereocenters. The molecule has 20 heavy (non-hydrogen) atoms. The third-order valence-electron chi connectivity index (χ3n) is 3.67. The van der Waals surface area contributed by atoms with E-state index in [2.05, 4.69) is 41.4 Å². The summed E-state index contributed by atoms with van der Waals surface area (Å²) in [5.41, 5.74) is 1.01. The van der Waals surface area contributed by atoms with Gasteiger partial charge in [0.25, 0.3) is 0 Å². The van der Waals surface area contributed by atoms with Crippen LogP contribution < -0.4 is 10.6 Å². The standard InChI is InChI=1S/C15H26N4O/c1-5-16-14-10(4)15(19-13(18-14)9(2)3)17-8-12(20)11-6-7-11/h9,11-12,20H,5-8H2,1-4H3,(H2,16,17,18,19). The molecule has 0 spiro atoms. The molecule has 1 heterocycles. The molecule has 0 amide bonds. The van der Waals surface area contributed by atoms with Crippen LogP contribution in [0, 0.1) is 12.8 Å². The van der Waals surface area contributed by atoms with Crippen molar-refractivity contribution in [1.29, 1.82) is 0 Å². The van der Waals surface area contributed by atoms with Crippen LogP contribution in [0.2, 0.25) is 0 Å². The van der Waals surface area contributed by atoms with E-state index in [1.165, 1.54) is 0 Å². The average Bonchev–Trinajstić information content (AvgIpc) is 3.23. The minimum absolute atomic E-state index is 0.269. The predicted octanol–water partition coefficient (Wildman–Crippen LogP) is 2.52. The molecule has 112 valence electrons. The SMILES string of the molecule is CCNc1nc(C(C)C)nc(NCC(O)C2CC2)c1C. The van der Waals surface area contributed by atoms with Crippen molar-refractivity contribution >= 4 is 11.6 Å². The van der Waals surface area contributed by atoms with E-state index in [-0.39, 0.29) is 12.0 Å². The van der Waals surface area contributed by atoms with Crippen molar-refractivity contribution in [2.24, 2.45) is 5.92 Å². The van der Waals surface area contributed by atoms with E-state index in [0.29, 0.717) is 12.5 Å². The Bertz CT molecular complexity index is 457. The van der Waals surface area contributed by atoms with Crippen LogP contribution in [0.3, 0.4) is 0 Å². The molecule has 1 fully saturated rings. The average molecular weight is 278 g/mol. The van der Waals surface area contributed by atoms with Gasteiger partial charge in [-0.05, 0) is 32.6 Å². The molecule has 1 aliphatic carbocycles. The first-order valence-electron chi connectivity index (χ1n) is 7.57. The van der Waals surface area contributed by atoms with Gasteiger partial charge in [-0.15, -0.1) is 0 Å². The van der Waals surface area contributed by atoms with Crippen molar-refractivity contribution in [3.05, 3.63) is 11.4 Å². The molecule has 0 aromatic carbocycles. The fourth-order valence-electron chi connectivity index (χ4n) is 2.15. The summed E-state index contributed by atoms with van der Waals surface area (Å²) >= 11 is 0. The van der Waals surface area contributed by atoms with Crippen LogP contribution in [0.5, 0.6) is 0 Å². The molecule has 1 aromatic heterocycles. The molecule has 5 heteroatoms. The molecule has 1 aromatic rings. The second-order valence-electron chi connectivity index (χ2n) is 5.87. The number of hydrogen-bond donors (Lipinski definition) is 3. The van der Waals surface area contributed by atoms with E-state index < -0.39 is 0 Å². The summed E-state index contributed by atoms with van der Waals surface area (Å²) in [6, 6.07) is 0. The van der Waals surface area contributed by atoms with E-state index in [4.69, 9.17) is 0 Å². The normalized spacial score (nSPS) is 16.3. The van der Waals surface area contributed by atoms with Crippen molar-refractivity contribution in [1.82, 2.24) is 9.97 Å². The lowest BCUT2D eigenvalue weighted by Gasteiger charge is -2.17. The van der Waals surface area contributed by atoms with Crippen LogP contribution >= 0.6 is 0 Å². The van der Waals surface area contributed by atoms with Crippen molar-refractivity contribution < 1.29 is 5.11 Å². The zero-order chi connectivity index (χ0) is 14.7. The van der Waals surface area contributed by atoms with Gasteiger partial charge in [0, 0.05) is 24.6 Å². The van der Waals surface area contributed by atoms with Gasteiger partial charge in [-0.25, -0.2) is 9.97 Å².